The van der Waals surface area contributed by atoms with Crippen LogP contribution in [0, 0.1) is 0 Å². The number of aromatic nitrogens is 1. The molecule has 1 aliphatic heterocycles. The second-order valence-corrected chi connectivity index (χ2v) is 7.76. The number of amides is 1. The molecule has 1 fully saturated rings. The van der Waals surface area contributed by atoms with Gasteiger partial charge in [-0.1, -0.05) is 47.5 Å². The van der Waals surface area contributed by atoms with E-state index in [9.17, 15) is 4.79 Å². The zero-order valence-corrected chi connectivity index (χ0v) is 16.8. The van der Waals surface area contributed by atoms with Crippen LogP contribution in [0.15, 0.2) is 54.7 Å². The summed E-state index contributed by atoms with van der Waals surface area (Å²) in [5.41, 5.74) is 1.87. The number of hydrogen-bond donors (Lipinski definition) is 0. The van der Waals surface area contributed by atoms with Gasteiger partial charge in [-0.25, -0.2) is 0 Å². The van der Waals surface area contributed by atoms with E-state index in [0.717, 1.165) is 28.6 Å². The molecule has 3 aromatic rings. The first-order chi connectivity index (χ1) is 13.6. The third-order valence-corrected chi connectivity index (χ3v) is 5.74. The molecule has 2 heterocycles. The molecule has 28 heavy (non-hydrogen) atoms. The van der Waals surface area contributed by atoms with Crippen molar-refractivity contribution >= 4 is 40.0 Å². The molecule has 6 heteroatoms. The second-order valence-electron chi connectivity index (χ2n) is 6.95. The number of carbonyl (C=O) groups excluding carboxylic acids is 1. The molecule has 0 aliphatic carbocycles. The highest BCUT2D eigenvalue weighted by Crippen LogP contribution is 2.27. The molecule has 0 spiro atoms. The fourth-order valence-corrected chi connectivity index (χ4v) is 3.83. The van der Waals surface area contributed by atoms with E-state index >= 15 is 0 Å². The first kappa shape index (κ1) is 19.0. The minimum absolute atomic E-state index is 0.0125. The molecule has 0 radical (unpaired) electrons. The van der Waals surface area contributed by atoms with E-state index in [2.05, 4.69) is 4.98 Å². The van der Waals surface area contributed by atoms with E-state index < -0.39 is 0 Å². The Labute approximate surface area is 174 Å². The predicted molar refractivity (Wildman–Crippen MR) is 112 cm³/mol. The Kier molecular flexibility index (Phi) is 5.69. The zero-order valence-electron chi connectivity index (χ0n) is 15.3. The lowest BCUT2D eigenvalue weighted by Gasteiger charge is -2.18. The SMILES string of the molecule is O=C(CCc1ccc(Cl)c(Cl)c1)N1CCC(Oc2cccc3cccnc23)C1. The molecule has 4 rings (SSSR count). The molecule has 1 unspecified atom stereocenters. The van der Waals surface area contributed by atoms with E-state index in [0.29, 0.717) is 36.0 Å². The molecule has 144 valence electrons. The summed E-state index contributed by atoms with van der Waals surface area (Å²) in [7, 11) is 0. The van der Waals surface area contributed by atoms with Crippen molar-refractivity contribution in [2.45, 2.75) is 25.4 Å². The number of hydrogen-bond acceptors (Lipinski definition) is 3. The van der Waals surface area contributed by atoms with Crippen molar-refractivity contribution in [2.24, 2.45) is 0 Å². The summed E-state index contributed by atoms with van der Waals surface area (Å²) in [5, 5.41) is 2.09. The Morgan fingerprint density at radius 2 is 2.00 bits per heavy atom. The highest BCUT2D eigenvalue weighted by molar-refractivity contribution is 6.42. The van der Waals surface area contributed by atoms with Gasteiger partial charge in [0.05, 0.1) is 16.6 Å². The highest BCUT2D eigenvalue weighted by atomic mass is 35.5. The van der Waals surface area contributed by atoms with Gasteiger partial charge < -0.3 is 9.64 Å². The Bertz CT molecular complexity index is 1000. The molecule has 0 bridgehead atoms. The van der Waals surface area contributed by atoms with Crippen LogP contribution in [-0.4, -0.2) is 35.0 Å². The Morgan fingerprint density at radius 1 is 1.14 bits per heavy atom. The van der Waals surface area contributed by atoms with E-state index in [4.69, 9.17) is 27.9 Å². The van der Waals surface area contributed by atoms with E-state index in [1.807, 2.05) is 47.4 Å². The van der Waals surface area contributed by atoms with Gasteiger partial charge in [0.15, 0.2) is 0 Å². The maximum Gasteiger partial charge on any atom is 0.223 e. The van der Waals surface area contributed by atoms with Crippen LogP contribution < -0.4 is 4.74 Å². The van der Waals surface area contributed by atoms with Crippen LogP contribution in [0.5, 0.6) is 5.75 Å². The lowest BCUT2D eigenvalue weighted by atomic mass is 10.1. The number of rotatable bonds is 5. The normalized spacial score (nSPS) is 16.5. The molecule has 1 aromatic heterocycles. The van der Waals surface area contributed by atoms with Crippen LogP contribution in [0.2, 0.25) is 10.0 Å². The first-order valence-electron chi connectivity index (χ1n) is 9.32. The van der Waals surface area contributed by atoms with Gasteiger partial charge in [-0.2, -0.15) is 0 Å². The Hall–Kier alpha value is -2.30. The molecular weight excluding hydrogens is 395 g/mol. The summed E-state index contributed by atoms with van der Waals surface area (Å²) in [6.07, 6.45) is 3.66. The number of fused-ring (bicyclic) bond motifs is 1. The average molecular weight is 415 g/mol. The van der Waals surface area contributed by atoms with Crippen LogP contribution in [0.3, 0.4) is 0 Å². The van der Waals surface area contributed by atoms with E-state index in [-0.39, 0.29) is 12.0 Å². The number of benzene rings is 2. The molecule has 0 saturated carbocycles. The molecule has 1 atom stereocenters. The molecule has 1 amide bonds. The zero-order chi connectivity index (χ0) is 19.5. The van der Waals surface area contributed by atoms with Gasteiger partial charge in [-0.05, 0) is 36.2 Å². The minimum atomic E-state index is -0.0125. The number of nitrogens with zero attached hydrogens (tertiary/aromatic N) is 2. The number of ether oxygens (including phenoxy) is 1. The summed E-state index contributed by atoms with van der Waals surface area (Å²) in [6.45, 7) is 1.31. The predicted octanol–water partition coefficient (Wildman–Crippen LogP) is 5.15. The second kappa shape index (κ2) is 8.38. The van der Waals surface area contributed by atoms with Crippen LogP contribution in [0.4, 0.5) is 0 Å². The van der Waals surface area contributed by atoms with Crippen LogP contribution in [0.1, 0.15) is 18.4 Å². The van der Waals surface area contributed by atoms with Gasteiger partial charge in [0.25, 0.3) is 0 Å². The molecule has 4 nitrogen and oxygen atoms in total. The van der Waals surface area contributed by atoms with Crippen molar-refractivity contribution in [1.82, 2.24) is 9.88 Å². The summed E-state index contributed by atoms with van der Waals surface area (Å²) < 4.78 is 6.17. The molecule has 1 saturated heterocycles. The smallest absolute Gasteiger partial charge is 0.223 e. The van der Waals surface area contributed by atoms with Gasteiger partial charge in [-0.3, -0.25) is 9.78 Å². The number of aryl methyl sites for hydroxylation is 1. The van der Waals surface area contributed by atoms with Gasteiger partial charge in [0, 0.05) is 31.0 Å². The van der Waals surface area contributed by atoms with Crippen LogP contribution in [0.25, 0.3) is 10.9 Å². The van der Waals surface area contributed by atoms with Crippen molar-refractivity contribution in [3.05, 3.63) is 70.3 Å². The molecule has 2 aromatic carbocycles. The summed E-state index contributed by atoms with van der Waals surface area (Å²) in [6, 6.07) is 15.3. The molecule has 1 aliphatic rings. The summed E-state index contributed by atoms with van der Waals surface area (Å²) >= 11 is 12.0. The van der Waals surface area contributed by atoms with Gasteiger partial charge in [-0.15, -0.1) is 0 Å². The number of para-hydroxylation sites is 1. The monoisotopic (exact) mass is 414 g/mol. The van der Waals surface area contributed by atoms with Gasteiger partial charge >= 0.3 is 0 Å². The molecule has 0 N–H and O–H groups in total. The van der Waals surface area contributed by atoms with Gasteiger partial charge in [0.1, 0.15) is 17.4 Å². The maximum absolute atomic E-state index is 12.6. The molecular formula is C22H20Cl2N2O2. The standard InChI is InChI=1S/C22H20Cl2N2O2/c23-18-8-6-15(13-19(18)24)7-9-21(27)26-12-10-17(14-26)28-20-5-1-3-16-4-2-11-25-22(16)20/h1-6,8,11,13,17H,7,9-10,12,14H2. The van der Waals surface area contributed by atoms with Crippen molar-refractivity contribution in [1.29, 1.82) is 0 Å². The quantitative estimate of drug-likeness (QED) is 0.579. The van der Waals surface area contributed by atoms with E-state index in [1.165, 1.54) is 0 Å². The van der Waals surface area contributed by atoms with E-state index in [1.54, 1.807) is 12.3 Å². The Morgan fingerprint density at radius 3 is 2.86 bits per heavy atom. The van der Waals surface area contributed by atoms with Crippen molar-refractivity contribution < 1.29 is 9.53 Å². The number of pyridine rings is 1. The largest absolute Gasteiger partial charge is 0.486 e. The van der Waals surface area contributed by atoms with Crippen molar-refractivity contribution in [3.63, 3.8) is 0 Å². The van der Waals surface area contributed by atoms with Crippen LogP contribution in [-0.2, 0) is 11.2 Å². The lowest BCUT2D eigenvalue weighted by molar-refractivity contribution is -0.130. The topological polar surface area (TPSA) is 42.4 Å². The third kappa shape index (κ3) is 4.23. The number of halogens is 2. The number of carbonyl (C=O) groups is 1. The van der Waals surface area contributed by atoms with Crippen LogP contribution >= 0.6 is 23.2 Å². The Balaban J connectivity index is 1.34. The lowest BCUT2D eigenvalue weighted by Crippen LogP contribution is -2.31. The fourth-order valence-electron chi connectivity index (χ4n) is 3.51. The summed E-state index contributed by atoms with van der Waals surface area (Å²) in [4.78, 5) is 18.9. The average Bonchev–Trinajstić information content (AvgIpc) is 3.18. The maximum atomic E-state index is 12.6. The summed E-state index contributed by atoms with van der Waals surface area (Å²) in [5.74, 6) is 0.904. The minimum Gasteiger partial charge on any atom is -0.486 e. The van der Waals surface area contributed by atoms with Crippen molar-refractivity contribution in [2.75, 3.05) is 13.1 Å². The van der Waals surface area contributed by atoms with Gasteiger partial charge in [0.2, 0.25) is 5.91 Å². The first-order valence-corrected chi connectivity index (χ1v) is 10.1. The highest BCUT2D eigenvalue weighted by Gasteiger charge is 2.27. The number of likely N-dealkylation sites (tertiary alicyclic amines) is 1. The van der Waals surface area contributed by atoms with Crippen molar-refractivity contribution in [3.8, 4) is 5.75 Å². The third-order valence-electron chi connectivity index (χ3n) is 5.00. The fraction of sp³-hybridized carbons (Fsp3) is 0.273.